The number of carboxylic acid groups (broad SMARTS) is 1. The van der Waals surface area contributed by atoms with Gasteiger partial charge in [0.05, 0.1) is 18.1 Å². The molecule has 0 radical (unpaired) electrons. The molecular weight excluding hydrogens is 404 g/mol. The van der Waals surface area contributed by atoms with Gasteiger partial charge in [0, 0.05) is 13.0 Å². The van der Waals surface area contributed by atoms with Crippen LogP contribution in [-0.4, -0.2) is 41.3 Å². The molecule has 0 aromatic heterocycles. The molecular formula is C27H52O5. The van der Waals surface area contributed by atoms with E-state index < -0.39 is 18.0 Å². The summed E-state index contributed by atoms with van der Waals surface area (Å²) in [5, 5.41) is 20.0. The molecule has 1 aliphatic rings. The number of aliphatic carboxylic acids is 1. The van der Waals surface area contributed by atoms with Crippen LogP contribution >= 0.6 is 0 Å². The van der Waals surface area contributed by atoms with Gasteiger partial charge in [0.25, 0.3) is 0 Å². The Kier molecular flexibility index (Phi) is 18.2. The van der Waals surface area contributed by atoms with Gasteiger partial charge in [-0.25, -0.2) is 0 Å². The van der Waals surface area contributed by atoms with Gasteiger partial charge in [-0.1, -0.05) is 96.8 Å². The lowest BCUT2D eigenvalue weighted by Gasteiger charge is -2.28. The highest BCUT2D eigenvalue weighted by atomic mass is 16.7. The van der Waals surface area contributed by atoms with Gasteiger partial charge in [0.2, 0.25) is 0 Å². The molecule has 1 heterocycles. The molecule has 0 aliphatic carbocycles. The van der Waals surface area contributed by atoms with E-state index in [1.807, 2.05) is 6.92 Å². The molecule has 1 fully saturated rings. The number of ether oxygens (including phenoxy) is 2. The summed E-state index contributed by atoms with van der Waals surface area (Å²) in [6.45, 7) is 4.88. The first kappa shape index (κ1) is 29.4. The third-order valence-corrected chi connectivity index (χ3v) is 6.75. The first-order valence-electron chi connectivity index (χ1n) is 13.7. The van der Waals surface area contributed by atoms with Crippen molar-refractivity contribution in [3.05, 3.63) is 0 Å². The molecule has 190 valence electrons. The molecule has 5 nitrogen and oxygen atoms in total. The molecule has 0 aromatic rings. The van der Waals surface area contributed by atoms with Crippen molar-refractivity contribution in [3.63, 3.8) is 0 Å². The van der Waals surface area contributed by atoms with Crippen LogP contribution in [0.4, 0.5) is 0 Å². The molecule has 0 amide bonds. The van der Waals surface area contributed by atoms with E-state index in [9.17, 15) is 15.0 Å². The second kappa shape index (κ2) is 19.8. The molecule has 32 heavy (non-hydrogen) atoms. The van der Waals surface area contributed by atoms with Gasteiger partial charge in [-0.2, -0.15) is 0 Å². The molecule has 0 aromatic carbocycles. The third-order valence-electron chi connectivity index (χ3n) is 6.75. The average Bonchev–Trinajstić information content (AvgIpc) is 2.76. The number of carbonyl (C=O) groups is 1. The van der Waals surface area contributed by atoms with Crippen LogP contribution in [0.5, 0.6) is 0 Å². The van der Waals surface area contributed by atoms with Crippen molar-refractivity contribution < 1.29 is 24.5 Å². The Hall–Kier alpha value is -0.650. The van der Waals surface area contributed by atoms with Crippen molar-refractivity contribution in [3.8, 4) is 0 Å². The smallest absolute Gasteiger partial charge is 0.309 e. The number of carboxylic acids is 1. The zero-order valence-electron chi connectivity index (χ0n) is 21.1. The number of hydrogen-bond donors (Lipinski definition) is 2. The van der Waals surface area contributed by atoms with Crippen LogP contribution in [-0.2, 0) is 14.3 Å². The van der Waals surface area contributed by atoms with Gasteiger partial charge >= 0.3 is 5.97 Å². The number of unbranched alkanes of at least 4 members (excludes halogenated alkanes) is 13. The largest absolute Gasteiger partial charge is 0.481 e. The lowest BCUT2D eigenvalue weighted by molar-refractivity contribution is -0.190. The van der Waals surface area contributed by atoms with Gasteiger partial charge in [0.1, 0.15) is 0 Å². The highest BCUT2D eigenvalue weighted by Gasteiger charge is 2.28. The molecule has 5 heteroatoms. The highest BCUT2D eigenvalue weighted by Crippen LogP contribution is 2.22. The average molecular weight is 457 g/mol. The molecule has 2 N–H and O–H groups in total. The normalized spacial score (nSPS) is 19.5. The Labute approximate surface area is 197 Å². The van der Waals surface area contributed by atoms with E-state index in [4.69, 9.17) is 9.47 Å². The Bertz CT molecular complexity index is 436. The standard InChI is InChI=1S/C27H52O5/c1-3-4-5-6-7-8-9-10-11-12-13-14-15-16-19-24(27(29)30)25(28)22-23(2)32-26-20-17-18-21-31-26/h23-26,28H,3-22H2,1-2H3,(H,29,30)/t23?,24?,25?,26-/m1/s1. The van der Waals surface area contributed by atoms with Gasteiger partial charge in [-0.15, -0.1) is 0 Å². The molecule has 1 rings (SSSR count). The molecule has 1 saturated heterocycles. The lowest BCUT2D eigenvalue weighted by atomic mass is 9.92. The fraction of sp³-hybridized carbons (Fsp3) is 0.963. The Morgan fingerprint density at radius 2 is 1.44 bits per heavy atom. The summed E-state index contributed by atoms with van der Waals surface area (Å²) in [6, 6.07) is 0. The van der Waals surface area contributed by atoms with E-state index in [1.54, 1.807) is 0 Å². The highest BCUT2D eigenvalue weighted by molar-refractivity contribution is 5.70. The molecule has 0 saturated carbocycles. The number of aliphatic hydroxyl groups is 1. The number of aliphatic hydroxyl groups excluding tert-OH is 1. The van der Waals surface area contributed by atoms with Gasteiger partial charge in [-0.3, -0.25) is 4.79 Å². The number of rotatable bonds is 21. The first-order valence-corrected chi connectivity index (χ1v) is 13.7. The van der Waals surface area contributed by atoms with Crippen molar-refractivity contribution in [1.29, 1.82) is 0 Å². The molecule has 4 atom stereocenters. The van der Waals surface area contributed by atoms with E-state index in [1.165, 1.54) is 70.6 Å². The summed E-state index contributed by atoms with van der Waals surface area (Å²) >= 11 is 0. The fourth-order valence-corrected chi connectivity index (χ4v) is 4.68. The molecule has 0 bridgehead atoms. The van der Waals surface area contributed by atoms with Crippen molar-refractivity contribution in [1.82, 2.24) is 0 Å². The summed E-state index contributed by atoms with van der Waals surface area (Å²) in [4.78, 5) is 11.7. The Morgan fingerprint density at radius 1 is 0.906 bits per heavy atom. The van der Waals surface area contributed by atoms with E-state index >= 15 is 0 Å². The summed E-state index contributed by atoms with van der Waals surface area (Å²) in [7, 11) is 0. The maximum absolute atomic E-state index is 11.7. The van der Waals surface area contributed by atoms with Gasteiger partial charge in [0.15, 0.2) is 6.29 Å². The SMILES string of the molecule is CCCCCCCCCCCCCCCCC(C(=O)O)C(O)CC(C)O[C@@H]1CCCCO1. The second-order valence-corrected chi connectivity index (χ2v) is 9.88. The van der Waals surface area contributed by atoms with Crippen LogP contribution in [0.15, 0.2) is 0 Å². The van der Waals surface area contributed by atoms with Crippen LogP contribution < -0.4 is 0 Å². The maximum Gasteiger partial charge on any atom is 0.309 e. The van der Waals surface area contributed by atoms with Crippen LogP contribution in [0.25, 0.3) is 0 Å². The minimum atomic E-state index is -0.895. The lowest BCUT2D eigenvalue weighted by Crippen LogP contribution is -2.34. The van der Waals surface area contributed by atoms with E-state index in [0.29, 0.717) is 12.8 Å². The summed E-state index contributed by atoms with van der Waals surface area (Å²) in [5.74, 6) is -1.60. The zero-order valence-corrected chi connectivity index (χ0v) is 21.1. The predicted octanol–water partition coefficient (Wildman–Crippen LogP) is 7.24. The van der Waals surface area contributed by atoms with Crippen LogP contribution in [0.1, 0.15) is 136 Å². The van der Waals surface area contributed by atoms with E-state index in [0.717, 1.165) is 45.1 Å². The minimum absolute atomic E-state index is 0.203. The van der Waals surface area contributed by atoms with Gasteiger partial charge < -0.3 is 19.7 Å². The van der Waals surface area contributed by atoms with Crippen LogP contribution in [0.3, 0.4) is 0 Å². The van der Waals surface area contributed by atoms with Crippen molar-refractivity contribution in [2.45, 2.75) is 154 Å². The summed E-state index contributed by atoms with van der Waals surface area (Å²) in [5.41, 5.74) is 0. The Balaban J connectivity index is 2.03. The minimum Gasteiger partial charge on any atom is -0.481 e. The Morgan fingerprint density at radius 3 is 1.91 bits per heavy atom. The number of hydrogen-bond acceptors (Lipinski definition) is 4. The second-order valence-electron chi connectivity index (χ2n) is 9.88. The van der Waals surface area contributed by atoms with Crippen molar-refractivity contribution in [2.24, 2.45) is 5.92 Å². The van der Waals surface area contributed by atoms with Crippen molar-refractivity contribution in [2.75, 3.05) is 6.61 Å². The topological polar surface area (TPSA) is 76.0 Å². The summed E-state index contributed by atoms with van der Waals surface area (Å²) < 4.78 is 11.4. The monoisotopic (exact) mass is 456 g/mol. The molecule has 1 aliphatic heterocycles. The van der Waals surface area contributed by atoms with E-state index in [2.05, 4.69) is 6.92 Å². The zero-order chi connectivity index (χ0) is 23.4. The third kappa shape index (κ3) is 15.2. The van der Waals surface area contributed by atoms with Gasteiger partial charge in [-0.05, 0) is 32.6 Å². The first-order chi connectivity index (χ1) is 15.5. The van der Waals surface area contributed by atoms with Crippen molar-refractivity contribution >= 4 is 5.97 Å². The summed E-state index contributed by atoms with van der Waals surface area (Å²) in [6.07, 6.45) is 20.6. The predicted molar refractivity (Wildman–Crippen MR) is 131 cm³/mol. The van der Waals surface area contributed by atoms with E-state index in [-0.39, 0.29) is 12.4 Å². The fourth-order valence-electron chi connectivity index (χ4n) is 4.68. The molecule has 3 unspecified atom stereocenters. The van der Waals surface area contributed by atoms with Crippen LogP contribution in [0.2, 0.25) is 0 Å². The van der Waals surface area contributed by atoms with Crippen LogP contribution in [0, 0.1) is 5.92 Å². The molecule has 0 spiro atoms. The maximum atomic E-state index is 11.7. The quantitative estimate of drug-likeness (QED) is 0.178.